The van der Waals surface area contributed by atoms with Crippen LogP contribution in [-0.2, 0) is 4.74 Å². The Balaban J connectivity index is 1.53. The Morgan fingerprint density at radius 3 is 2.70 bits per heavy atom. The molecule has 2 aliphatic heterocycles. The van der Waals surface area contributed by atoms with E-state index in [1.54, 1.807) is 17.0 Å². The van der Waals surface area contributed by atoms with Crippen molar-refractivity contribution in [1.82, 2.24) is 0 Å². The molecule has 2 saturated heterocycles. The number of benzene rings is 1. The zero-order valence-electron chi connectivity index (χ0n) is 14.1. The molecule has 2 fully saturated rings. The Labute approximate surface area is 138 Å². The van der Waals surface area contributed by atoms with E-state index in [-0.39, 0.29) is 5.97 Å². The van der Waals surface area contributed by atoms with Gasteiger partial charge in [0.05, 0.1) is 31.3 Å². The molecule has 23 heavy (non-hydrogen) atoms. The van der Waals surface area contributed by atoms with Crippen LogP contribution >= 0.6 is 0 Å². The van der Waals surface area contributed by atoms with Crippen molar-refractivity contribution in [2.75, 3.05) is 26.3 Å². The lowest BCUT2D eigenvalue weighted by molar-refractivity contribution is -0.940. The van der Waals surface area contributed by atoms with E-state index in [4.69, 9.17) is 9.47 Å². The number of nitrogens with one attached hydrogen (secondary N) is 1. The lowest BCUT2D eigenvalue weighted by Crippen LogP contribution is -3.18. The first-order chi connectivity index (χ1) is 11.3. The van der Waals surface area contributed by atoms with Crippen LogP contribution in [0, 0.1) is 5.92 Å². The molecule has 2 heterocycles. The Morgan fingerprint density at radius 2 is 1.91 bits per heavy atom. The molecule has 0 radical (unpaired) electrons. The first-order valence-corrected chi connectivity index (χ1v) is 9.02. The summed E-state index contributed by atoms with van der Waals surface area (Å²) in [4.78, 5) is 14.0. The maximum Gasteiger partial charge on any atom is 0.338 e. The van der Waals surface area contributed by atoms with Crippen LogP contribution in [0.5, 0.6) is 5.75 Å². The largest absolute Gasteiger partial charge is 0.494 e. The summed E-state index contributed by atoms with van der Waals surface area (Å²) in [5.74, 6) is 1.11. The number of carbonyl (C=O) groups excluding carboxylic acids is 1. The normalized spacial score (nSPS) is 27.1. The predicted molar refractivity (Wildman–Crippen MR) is 89.0 cm³/mol. The molecular weight excluding hydrogens is 290 g/mol. The smallest absolute Gasteiger partial charge is 0.338 e. The number of rotatable bonds is 5. The van der Waals surface area contributed by atoms with Gasteiger partial charge < -0.3 is 14.4 Å². The van der Waals surface area contributed by atoms with Gasteiger partial charge in [0.25, 0.3) is 0 Å². The van der Waals surface area contributed by atoms with Crippen LogP contribution in [0.3, 0.4) is 0 Å². The molecule has 0 bridgehead atoms. The number of ether oxygens (including phenoxy) is 2. The first kappa shape index (κ1) is 16.3. The first-order valence-electron chi connectivity index (χ1n) is 9.02. The standard InChI is InChI=1S/C19H27NO3/c1-2-22-17-10-8-15(9-11-17)19(21)23-14-16-6-5-13-20-12-4-3-7-18(16)20/h8-11,16,18H,2-7,12-14H2,1H3/p+1/t16-,18+/m0/s1. The van der Waals surface area contributed by atoms with E-state index in [0.29, 0.717) is 30.7 Å². The van der Waals surface area contributed by atoms with Crippen LogP contribution in [0.15, 0.2) is 24.3 Å². The molecular formula is C19H28NO3+. The fraction of sp³-hybridized carbons (Fsp3) is 0.632. The van der Waals surface area contributed by atoms with E-state index in [2.05, 4.69) is 0 Å². The third-order valence-corrected chi connectivity index (χ3v) is 5.26. The van der Waals surface area contributed by atoms with Gasteiger partial charge in [0.15, 0.2) is 0 Å². The van der Waals surface area contributed by atoms with Crippen molar-refractivity contribution in [3.8, 4) is 5.75 Å². The van der Waals surface area contributed by atoms with Gasteiger partial charge in [-0.3, -0.25) is 0 Å². The molecule has 4 heteroatoms. The monoisotopic (exact) mass is 318 g/mol. The number of piperidine rings is 2. The second-order valence-corrected chi connectivity index (χ2v) is 6.72. The maximum absolute atomic E-state index is 12.2. The van der Waals surface area contributed by atoms with Crippen molar-refractivity contribution < 1.29 is 19.2 Å². The Kier molecular flexibility index (Phi) is 5.55. The molecule has 0 aliphatic carbocycles. The number of hydrogen-bond acceptors (Lipinski definition) is 3. The van der Waals surface area contributed by atoms with Crippen molar-refractivity contribution in [2.45, 2.75) is 45.1 Å². The summed E-state index contributed by atoms with van der Waals surface area (Å²) in [6, 6.07) is 7.92. The van der Waals surface area contributed by atoms with Gasteiger partial charge in [0, 0.05) is 5.92 Å². The van der Waals surface area contributed by atoms with Crippen molar-refractivity contribution in [3.63, 3.8) is 0 Å². The van der Waals surface area contributed by atoms with Gasteiger partial charge in [-0.05, 0) is 63.3 Å². The Bertz CT molecular complexity index is 512. The van der Waals surface area contributed by atoms with E-state index >= 15 is 0 Å². The van der Waals surface area contributed by atoms with Crippen LogP contribution in [-0.4, -0.2) is 38.3 Å². The quantitative estimate of drug-likeness (QED) is 0.845. The minimum absolute atomic E-state index is 0.212. The second kappa shape index (κ2) is 7.82. The van der Waals surface area contributed by atoms with Gasteiger partial charge >= 0.3 is 5.97 Å². The van der Waals surface area contributed by atoms with Crippen molar-refractivity contribution in [2.24, 2.45) is 5.92 Å². The molecule has 1 aromatic rings. The summed E-state index contributed by atoms with van der Waals surface area (Å²) in [7, 11) is 0. The van der Waals surface area contributed by atoms with Crippen molar-refractivity contribution in [3.05, 3.63) is 29.8 Å². The summed E-state index contributed by atoms with van der Waals surface area (Å²) in [5.41, 5.74) is 0.608. The minimum Gasteiger partial charge on any atom is -0.494 e. The Hall–Kier alpha value is -1.55. The average molecular weight is 318 g/mol. The lowest BCUT2D eigenvalue weighted by atomic mass is 9.84. The van der Waals surface area contributed by atoms with Crippen LogP contribution in [0.2, 0.25) is 0 Å². The molecule has 0 aromatic heterocycles. The van der Waals surface area contributed by atoms with Crippen molar-refractivity contribution >= 4 is 5.97 Å². The van der Waals surface area contributed by atoms with E-state index < -0.39 is 0 Å². The van der Waals surface area contributed by atoms with Gasteiger partial charge in [-0.25, -0.2) is 4.79 Å². The fourth-order valence-electron chi connectivity index (χ4n) is 4.10. The molecule has 3 atom stereocenters. The third-order valence-electron chi connectivity index (χ3n) is 5.26. The molecule has 0 saturated carbocycles. The van der Waals surface area contributed by atoms with Gasteiger partial charge in [0.2, 0.25) is 0 Å². The number of esters is 1. The van der Waals surface area contributed by atoms with Gasteiger partial charge in [-0.1, -0.05) is 0 Å². The molecule has 1 N–H and O–H groups in total. The molecule has 0 amide bonds. The summed E-state index contributed by atoms with van der Waals surface area (Å²) in [6.45, 7) is 5.75. The van der Waals surface area contributed by atoms with E-state index in [0.717, 1.165) is 5.75 Å². The SMILES string of the molecule is CCOc1ccc(C(=O)OC[C@@H]2CCC[NH+]3CCCC[C@H]23)cc1. The maximum atomic E-state index is 12.2. The molecule has 3 rings (SSSR count). The molecule has 1 aromatic carbocycles. The highest BCUT2D eigenvalue weighted by Gasteiger charge is 2.37. The summed E-state index contributed by atoms with van der Waals surface area (Å²) < 4.78 is 11.0. The van der Waals surface area contributed by atoms with Gasteiger partial charge in [-0.15, -0.1) is 0 Å². The molecule has 4 nitrogen and oxygen atoms in total. The molecule has 0 spiro atoms. The molecule has 1 unspecified atom stereocenters. The zero-order chi connectivity index (χ0) is 16.1. The topological polar surface area (TPSA) is 40.0 Å². The summed E-state index contributed by atoms with van der Waals surface area (Å²) >= 11 is 0. The lowest BCUT2D eigenvalue weighted by Gasteiger charge is -2.40. The summed E-state index contributed by atoms with van der Waals surface area (Å²) in [6.07, 6.45) is 6.43. The third kappa shape index (κ3) is 4.05. The number of fused-ring (bicyclic) bond motifs is 1. The Morgan fingerprint density at radius 1 is 1.13 bits per heavy atom. The molecule has 2 aliphatic rings. The highest BCUT2D eigenvalue weighted by Crippen LogP contribution is 2.21. The minimum atomic E-state index is -0.212. The summed E-state index contributed by atoms with van der Waals surface area (Å²) in [5, 5.41) is 0. The van der Waals surface area contributed by atoms with Gasteiger partial charge in [0.1, 0.15) is 12.4 Å². The van der Waals surface area contributed by atoms with Crippen LogP contribution in [0.25, 0.3) is 0 Å². The van der Waals surface area contributed by atoms with E-state index in [9.17, 15) is 4.79 Å². The average Bonchev–Trinajstić information content (AvgIpc) is 2.60. The van der Waals surface area contributed by atoms with E-state index in [1.807, 2.05) is 19.1 Å². The highest BCUT2D eigenvalue weighted by atomic mass is 16.5. The van der Waals surface area contributed by atoms with Gasteiger partial charge in [-0.2, -0.15) is 0 Å². The van der Waals surface area contributed by atoms with E-state index in [1.165, 1.54) is 45.2 Å². The van der Waals surface area contributed by atoms with Crippen LogP contribution in [0.1, 0.15) is 49.4 Å². The van der Waals surface area contributed by atoms with Crippen LogP contribution in [0.4, 0.5) is 0 Å². The number of hydrogen-bond donors (Lipinski definition) is 1. The van der Waals surface area contributed by atoms with Crippen molar-refractivity contribution in [1.29, 1.82) is 0 Å². The van der Waals surface area contributed by atoms with Crippen LogP contribution < -0.4 is 9.64 Å². The predicted octanol–water partition coefficient (Wildman–Crippen LogP) is 2.09. The zero-order valence-corrected chi connectivity index (χ0v) is 14.1. The second-order valence-electron chi connectivity index (χ2n) is 6.72. The fourth-order valence-corrected chi connectivity index (χ4v) is 4.10. The molecule has 126 valence electrons. The highest BCUT2D eigenvalue weighted by molar-refractivity contribution is 5.89. The number of carbonyl (C=O) groups is 1. The number of quaternary nitrogens is 1.